The number of nitro groups is 1. The fourth-order valence-corrected chi connectivity index (χ4v) is 6.50. The molecule has 0 bridgehead atoms. The molecule has 0 fully saturated rings. The number of aromatic nitrogens is 2. The number of benzene rings is 3. The fraction of sp³-hybridized carbons (Fsp3) is 0.156. The number of halogens is 1. The van der Waals surface area contributed by atoms with Crippen LogP contribution in [0.3, 0.4) is 0 Å². The standard InChI is InChI=1S/C32H25ClN4O5S/c1-3-42-31(39)28-19(2)34-32-36(29(28)21-10-12-23(33)13-11-21)30(38)27(43-32)16-22-18-35(26-7-5-4-6-25(22)26)17-20-8-14-24(15-9-20)37(40)41/h4-16,18,29H,3,17H2,1-2H3/b27-16-/t29-/m1/s1. The van der Waals surface area contributed by atoms with Crippen molar-refractivity contribution < 1.29 is 14.5 Å². The average molecular weight is 613 g/mol. The van der Waals surface area contributed by atoms with E-state index in [1.54, 1.807) is 54.8 Å². The third-order valence-electron chi connectivity index (χ3n) is 7.31. The van der Waals surface area contributed by atoms with Gasteiger partial charge in [0.05, 0.1) is 33.4 Å². The number of hydrogen-bond donors (Lipinski definition) is 0. The molecule has 1 aliphatic rings. The van der Waals surface area contributed by atoms with Crippen LogP contribution in [0.25, 0.3) is 17.0 Å². The number of nitrogens with zero attached hydrogens (tertiary/aromatic N) is 4. The van der Waals surface area contributed by atoms with Gasteiger partial charge in [-0.1, -0.05) is 65.4 Å². The van der Waals surface area contributed by atoms with Gasteiger partial charge in [-0.05, 0) is 49.2 Å². The molecule has 6 rings (SSSR count). The van der Waals surface area contributed by atoms with Crippen molar-refractivity contribution in [2.45, 2.75) is 26.4 Å². The van der Waals surface area contributed by atoms with Gasteiger partial charge < -0.3 is 9.30 Å². The molecule has 3 aromatic carbocycles. The highest BCUT2D eigenvalue weighted by Crippen LogP contribution is 2.31. The van der Waals surface area contributed by atoms with Gasteiger partial charge in [0, 0.05) is 46.4 Å². The van der Waals surface area contributed by atoms with Crippen molar-refractivity contribution in [3.8, 4) is 0 Å². The predicted molar refractivity (Wildman–Crippen MR) is 166 cm³/mol. The maximum absolute atomic E-state index is 14.0. The lowest BCUT2D eigenvalue weighted by Crippen LogP contribution is -2.39. The average Bonchev–Trinajstić information content (AvgIpc) is 3.49. The first kappa shape index (κ1) is 28.3. The smallest absolute Gasteiger partial charge is 0.338 e. The van der Waals surface area contributed by atoms with Crippen molar-refractivity contribution in [2.24, 2.45) is 4.99 Å². The number of non-ortho nitro benzene ring substituents is 1. The molecule has 1 aliphatic heterocycles. The molecule has 0 aliphatic carbocycles. The number of carbonyl (C=O) groups is 1. The van der Waals surface area contributed by atoms with Crippen molar-refractivity contribution in [3.63, 3.8) is 0 Å². The molecule has 0 saturated carbocycles. The maximum atomic E-state index is 14.0. The van der Waals surface area contributed by atoms with E-state index < -0.39 is 16.9 Å². The SMILES string of the molecule is CCOC(=O)C1=C(C)N=c2s/c(=C\c3cn(Cc4ccc([N+](=O)[O-])cc4)c4ccccc34)c(=O)n2[C@@H]1c1ccc(Cl)cc1. The fourth-order valence-electron chi connectivity index (χ4n) is 5.33. The zero-order valence-corrected chi connectivity index (χ0v) is 24.8. The Morgan fingerprint density at radius 3 is 2.53 bits per heavy atom. The molecule has 5 aromatic rings. The van der Waals surface area contributed by atoms with Crippen LogP contribution in [0, 0.1) is 10.1 Å². The molecule has 0 unspecified atom stereocenters. The summed E-state index contributed by atoms with van der Waals surface area (Å²) in [5.41, 5.74) is 3.98. The van der Waals surface area contributed by atoms with E-state index >= 15 is 0 Å². The Hall–Kier alpha value is -4.80. The maximum Gasteiger partial charge on any atom is 0.338 e. The van der Waals surface area contributed by atoms with Gasteiger partial charge in [-0.2, -0.15) is 0 Å². The summed E-state index contributed by atoms with van der Waals surface area (Å²) in [6.45, 7) is 4.17. The minimum atomic E-state index is -0.724. The Balaban J connectivity index is 1.48. The molecule has 3 heterocycles. The Bertz CT molecular complexity index is 2110. The number of carbonyl (C=O) groups excluding carboxylic acids is 1. The second kappa shape index (κ2) is 11.5. The summed E-state index contributed by atoms with van der Waals surface area (Å²) in [5.74, 6) is -0.521. The normalized spacial score (nSPS) is 15.0. The number of rotatable bonds is 7. The molecule has 0 N–H and O–H groups in total. The minimum Gasteiger partial charge on any atom is -0.463 e. The highest BCUT2D eigenvalue weighted by molar-refractivity contribution is 7.07. The van der Waals surface area contributed by atoms with Crippen LogP contribution < -0.4 is 14.9 Å². The number of thiazole rings is 1. The first-order chi connectivity index (χ1) is 20.7. The Morgan fingerprint density at radius 2 is 1.84 bits per heavy atom. The zero-order chi connectivity index (χ0) is 30.2. The topological polar surface area (TPSA) is 109 Å². The largest absolute Gasteiger partial charge is 0.463 e. The van der Waals surface area contributed by atoms with E-state index in [2.05, 4.69) is 9.56 Å². The molecule has 1 atom stereocenters. The van der Waals surface area contributed by atoms with Gasteiger partial charge in [-0.25, -0.2) is 9.79 Å². The summed E-state index contributed by atoms with van der Waals surface area (Å²) in [5, 5.41) is 12.6. The Labute approximate surface area is 254 Å². The van der Waals surface area contributed by atoms with Crippen LogP contribution in [-0.2, 0) is 16.1 Å². The number of allylic oxidation sites excluding steroid dienone is 1. The summed E-state index contributed by atoms with van der Waals surface area (Å²) >= 11 is 7.41. The third-order valence-corrected chi connectivity index (χ3v) is 8.54. The Morgan fingerprint density at radius 1 is 1.12 bits per heavy atom. The molecule has 216 valence electrons. The minimum absolute atomic E-state index is 0.0374. The second-order valence-corrected chi connectivity index (χ2v) is 11.5. The number of nitro benzene ring substituents is 1. The lowest BCUT2D eigenvalue weighted by molar-refractivity contribution is -0.384. The first-order valence-corrected chi connectivity index (χ1v) is 14.7. The van der Waals surface area contributed by atoms with E-state index in [1.807, 2.05) is 36.5 Å². The quantitative estimate of drug-likeness (QED) is 0.140. The van der Waals surface area contributed by atoms with Gasteiger partial charge in [0.2, 0.25) is 0 Å². The molecule has 0 amide bonds. The summed E-state index contributed by atoms with van der Waals surface area (Å²) in [6.07, 6.45) is 3.82. The number of fused-ring (bicyclic) bond motifs is 2. The van der Waals surface area contributed by atoms with Crippen LogP contribution in [-0.4, -0.2) is 26.6 Å². The molecule has 43 heavy (non-hydrogen) atoms. The van der Waals surface area contributed by atoms with Crippen LogP contribution >= 0.6 is 22.9 Å². The van der Waals surface area contributed by atoms with E-state index in [-0.39, 0.29) is 17.9 Å². The van der Waals surface area contributed by atoms with Crippen LogP contribution in [0.5, 0.6) is 0 Å². The van der Waals surface area contributed by atoms with Crippen LogP contribution in [0.15, 0.2) is 100 Å². The molecular weight excluding hydrogens is 588 g/mol. The molecule has 0 saturated heterocycles. The number of esters is 1. The number of para-hydroxylation sites is 1. The Kier molecular flexibility index (Phi) is 7.55. The second-order valence-electron chi connectivity index (χ2n) is 10.0. The van der Waals surface area contributed by atoms with E-state index in [4.69, 9.17) is 16.3 Å². The van der Waals surface area contributed by atoms with Gasteiger partial charge in [-0.15, -0.1) is 0 Å². The zero-order valence-electron chi connectivity index (χ0n) is 23.2. The summed E-state index contributed by atoms with van der Waals surface area (Å²) in [6, 6.07) is 20.7. The van der Waals surface area contributed by atoms with Crippen molar-refractivity contribution in [3.05, 3.63) is 142 Å². The lowest BCUT2D eigenvalue weighted by atomic mass is 9.96. The highest BCUT2D eigenvalue weighted by Gasteiger charge is 2.33. The number of hydrogen-bond acceptors (Lipinski definition) is 7. The molecule has 0 radical (unpaired) electrons. The van der Waals surface area contributed by atoms with E-state index in [0.717, 1.165) is 22.0 Å². The van der Waals surface area contributed by atoms with Gasteiger partial charge in [-0.3, -0.25) is 19.5 Å². The molecule has 9 nitrogen and oxygen atoms in total. The molecular formula is C32H25ClN4O5S. The molecule has 2 aromatic heterocycles. The van der Waals surface area contributed by atoms with Crippen molar-refractivity contribution in [1.82, 2.24) is 9.13 Å². The van der Waals surface area contributed by atoms with Crippen LogP contribution in [0.2, 0.25) is 5.02 Å². The van der Waals surface area contributed by atoms with Gasteiger partial charge in [0.25, 0.3) is 11.2 Å². The monoisotopic (exact) mass is 612 g/mol. The van der Waals surface area contributed by atoms with Gasteiger partial charge in [0.15, 0.2) is 4.80 Å². The molecule has 11 heteroatoms. The summed E-state index contributed by atoms with van der Waals surface area (Å²) in [4.78, 5) is 42.9. The summed E-state index contributed by atoms with van der Waals surface area (Å²) < 4.78 is 9.44. The van der Waals surface area contributed by atoms with E-state index in [0.29, 0.717) is 37.7 Å². The predicted octanol–water partition coefficient (Wildman–Crippen LogP) is 5.36. The van der Waals surface area contributed by atoms with Crippen LogP contribution in [0.1, 0.15) is 36.6 Å². The van der Waals surface area contributed by atoms with Crippen molar-refractivity contribution in [2.75, 3.05) is 6.61 Å². The van der Waals surface area contributed by atoms with Gasteiger partial charge in [0.1, 0.15) is 0 Å². The number of ether oxygens (including phenoxy) is 1. The van der Waals surface area contributed by atoms with E-state index in [9.17, 15) is 19.7 Å². The first-order valence-electron chi connectivity index (χ1n) is 13.5. The third kappa shape index (κ3) is 5.31. The van der Waals surface area contributed by atoms with Crippen molar-refractivity contribution in [1.29, 1.82) is 0 Å². The highest BCUT2D eigenvalue weighted by atomic mass is 35.5. The van der Waals surface area contributed by atoms with Gasteiger partial charge >= 0.3 is 5.97 Å². The van der Waals surface area contributed by atoms with E-state index in [1.165, 1.54) is 23.5 Å². The molecule has 0 spiro atoms. The summed E-state index contributed by atoms with van der Waals surface area (Å²) in [7, 11) is 0. The van der Waals surface area contributed by atoms with Crippen LogP contribution in [0.4, 0.5) is 5.69 Å². The lowest BCUT2D eigenvalue weighted by Gasteiger charge is -2.24. The van der Waals surface area contributed by atoms with Crippen molar-refractivity contribution >= 4 is 51.6 Å².